The summed E-state index contributed by atoms with van der Waals surface area (Å²) in [6.45, 7) is 8.42. The molecule has 0 aliphatic heterocycles. The topological polar surface area (TPSA) is 61.3 Å². The molecule has 1 rings (SSSR count). The Kier molecular flexibility index (Phi) is 4.31. The summed E-state index contributed by atoms with van der Waals surface area (Å²) in [6, 6.07) is 2.10. The molecule has 0 heterocycles. The van der Waals surface area contributed by atoms with Crippen molar-refractivity contribution in [3.63, 3.8) is 0 Å². The third-order valence-electron chi connectivity index (χ3n) is 2.46. The summed E-state index contributed by atoms with van der Waals surface area (Å²) in [4.78, 5) is 10.3. The zero-order valence-electron chi connectivity index (χ0n) is 9.18. The van der Waals surface area contributed by atoms with Crippen LogP contribution in [0.3, 0.4) is 0 Å². The Balaban J connectivity index is 0.00000169. The SMILES string of the molecule is Cc1cc(C)c(C)c(OC=O)c1C.N. The van der Waals surface area contributed by atoms with Crippen molar-refractivity contribution in [1.82, 2.24) is 6.15 Å². The molecule has 3 heteroatoms. The van der Waals surface area contributed by atoms with Crippen molar-refractivity contribution < 1.29 is 9.53 Å². The van der Waals surface area contributed by atoms with Gasteiger partial charge in [-0.3, -0.25) is 4.79 Å². The average Bonchev–Trinajstić information content (AvgIpc) is 2.09. The predicted molar refractivity (Wildman–Crippen MR) is 57.1 cm³/mol. The zero-order valence-corrected chi connectivity index (χ0v) is 9.18. The van der Waals surface area contributed by atoms with Gasteiger partial charge in [0.15, 0.2) is 0 Å². The first-order valence-corrected chi connectivity index (χ1v) is 4.25. The molecule has 1 aromatic carbocycles. The first-order chi connectivity index (χ1) is 6.07. The first kappa shape index (κ1) is 12.7. The summed E-state index contributed by atoms with van der Waals surface area (Å²) in [5, 5.41) is 0. The Hall–Kier alpha value is -1.35. The highest BCUT2D eigenvalue weighted by Crippen LogP contribution is 2.28. The molecule has 78 valence electrons. The van der Waals surface area contributed by atoms with E-state index >= 15 is 0 Å². The molecule has 0 fully saturated rings. The highest BCUT2D eigenvalue weighted by molar-refractivity contribution is 5.55. The highest BCUT2D eigenvalue weighted by atomic mass is 16.5. The van der Waals surface area contributed by atoms with Gasteiger partial charge in [0.1, 0.15) is 5.75 Å². The number of hydrogen-bond acceptors (Lipinski definition) is 3. The van der Waals surface area contributed by atoms with Gasteiger partial charge in [0.2, 0.25) is 0 Å². The van der Waals surface area contributed by atoms with Gasteiger partial charge >= 0.3 is 0 Å². The minimum absolute atomic E-state index is 0. The van der Waals surface area contributed by atoms with Gasteiger partial charge in [-0.05, 0) is 49.9 Å². The van der Waals surface area contributed by atoms with Gasteiger partial charge in [-0.25, -0.2) is 0 Å². The fraction of sp³-hybridized carbons (Fsp3) is 0.364. The fourth-order valence-corrected chi connectivity index (χ4v) is 1.41. The Labute approximate surface area is 84.7 Å². The van der Waals surface area contributed by atoms with E-state index in [9.17, 15) is 4.79 Å². The van der Waals surface area contributed by atoms with Crippen molar-refractivity contribution in [3.8, 4) is 5.75 Å². The molecule has 14 heavy (non-hydrogen) atoms. The van der Waals surface area contributed by atoms with E-state index in [1.165, 1.54) is 0 Å². The molecule has 0 unspecified atom stereocenters. The van der Waals surface area contributed by atoms with E-state index < -0.39 is 0 Å². The first-order valence-electron chi connectivity index (χ1n) is 4.25. The third kappa shape index (κ3) is 2.12. The van der Waals surface area contributed by atoms with E-state index in [0.29, 0.717) is 12.2 Å². The monoisotopic (exact) mass is 195 g/mol. The molecular weight excluding hydrogens is 178 g/mol. The minimum atomic E-state index is 0. The smallest absolute Gasteiger partial charge is 0.298 e. The lowest BCUT2D eigenvalue weighted by Gasteiger charge is -2.12. The van der Waals surface area contributed by atoms with E-state index in [1.807, 2.05) is 27.7 Å². The van der Waals surface area contributed by atoms with E-state index in [1.54, 1.807) is 0 Å². The number of rotatable bonds is 2. The van der Waals surface area contributed by atoms with Crippen LogP contribution in [0, 0.1) is 27.7 Å². The quantitative estimate of drug-likeness (QED) is 0.738. The maximum Gasteiger partial charge on any atom is 0.298 e. The van der Waals surface area contributed by atoms with Crippen LogP contribution in [0.25, 0.3) is 0 Å². The zero-order chi connectivity index (χ0) is 10.0. The van der Waals surface area contributed by atoms with Crippen molar-refractivity contribution in [2.75, 3.05) is 0 Å². The third-order valence-corrected chi connectivity index (χ3v) is 2.46. The number of benzene rings is 1. The lowest BCUT2D eigenvalue weighted by Crippen LogP contribution is -1.98. The molecule has 3 N–H and O–H groups in total. The molecule has 0 saturated heterocycles. The van der Waals surface area contributed by atoms with Gasteiger partial charge in [0, 0.05) is 0 Å². The van der Waals surface area contributed by atoms with E-state index in [-0.39, 0.29) is 6.15 Å². The van der Waals surface area contributed by atoms with Crippen LogP contribution in [-0.4, -0.2) is 6.47 Å². The van der Waals surface area contributed by atoms with Gasteiger partial charge in [0.05, 0.1) is 0 Å². The summed E-state index contributed by atoms with van der Waals surface area (Å²) < 4.78 is 4.95. The number of carbonyl (C=O) groups excluding carboxylic acids is 1. The second-order valence-electron chi connectivity index (χ2n) is 3.30. The molecule has 0 radical (unpaired) electrons. The summed E-state index contributed by atoms with van der Waals surface area (Å²) in [7, 11) is 0. The fourth-order valence-electron chi connectivity index (χ4n) is 1.41. The van der Waals surface area contributed by atoms with Crippen molar-refractivity contribution in [1.29, 1.82) is 0 Å². The van der Waals surface area contributed by atoms with E-state index in [2.05, 4.69) is 6.07 Å². The van der Waals surface area contributed by atoms with Gasteiger partial charge in [0.25, 0.3) is 6.47 Å². The minimum Gasteiger partial charge on any atom is -0.428 e. The number of hydrogen-bond donors (Lipinski definition) is 1. The maximum absolute atomic E-state index is 10.3. The second kappa shape index (κ2) is 4.77. The molecule has 0 saturated carbocycles. The van der Waals surface area contributed by atoms with Crippen molar-refractivity contribution in [2.24, 2.45) is 0 Å². The second-order valence-corrected chi connectivity index (χ2v) is 3.30. The molecule has 0 aliphatic carbocycles. The van der Waals surface area contributed by atoms with Crippen LogP contribution < -0.4 is 10.9 Å². The number of ether oxygens (including phenoxy) is 1. The van der Waals surface area contributed by atoms with Crippen LogP contribution in [0.4, 0.5) is 0 Å². The van der Waals surface area contributed by atoms with Gasteiger partial charge in [-0.1, -0.05) is 6.07 Å². The van der Waals surface area contributed by atoms with Crippen LogP contribution in [0.5, 0.6) is 5.75 Å². The molecule has 0 aromatic heterocycles. The van der Waals surface area contributed by atoms with Crippen LogP contribution >= 0.6 is 0 Å². The van der Waals surface area contributed by atoms with Crippen LogP contribution in [-0.2, 0) is 4.79 Å². The van der Waals surface area contributed by atoms with Gasteiger partial charge in [-0.2, -0.15) is 0 Å². The summed E-state index contributed by atoms with van der Waals surface area (Å²) in [6.07, 6.45) is 0. The maximum atomic E-state index is 10.3. The summed E-state index contributed by atoms with van der Waals surface area (Å²) >= 11 is 0. The summed E-state index contributed by atoms with van der Waals surface area (Å²) in [5.41, 5.74) is 4.38. The number of aryl methyl sites for hydroxylation is 2. The highest BCUT2D eigenvalue weighted by Gasteiger charge is 2.08. The van der Waals surface area contributed by atoms with E-state index in [4.69, 9.17) is 4.74 Å². The average molecular weight is 195 g/mol. The van der Waals surface area contributed by atoms with Crippen LogP contribution in [0.2, 0.25) is 0 Å². The predicted octanol–water partition coefficient (Wildman–Crippen LogP) is 2.62. The van der Waals surface area contributed by atoms with Crippen molar-refractivity contribution >= 4 is 6.47 Å². The molecule has 0 atom stereocenters. The normalized spacial score (nSPS) is 9.14. The van der Waals surface area contributed by atoms with Gasteiger partial charge < -0.3 is 10.9 Å². The molecule has 0 amide bonds. The molecule has 0 bridgehead atoms. The van der Waals surface area contributed by atoms with Gasteiger partial charge in [-0.15, -0.1) is 0 Å². The van der Waals surface area contributed by atoms with E-state index in [0.717, 1.165) is 22.3 Å². The van der Waals surface area contributed by atoms with Crippen molar-refractivity contribution in [3.05, 3.63) is 28.3 Å². The number of carbonyl (C=O) groups is 1. The molecule has 0 aliphatic rings. The molecular formula is C11H17NO2. The Morgan fingerprint density at radius 3 is 1.86 bits per heavy atom. The Morgan fingerprint density at radius 1 is 1.07 bits per heavy atom. The largest absolute Gasteiger partial charge is 0.428 e. The van der Waals surface area contributed by atoms with Crippen molar-refractivity contribution in [2.45, 2.75) is 27.7 Å². The Morgan fingerprint density at radius 2 is 1.50 bits per heavy atom. The Bertz CT molecular complexity index is 319. The lowest BCUT2D eigenvalue weighted by atomic mass is 10.0. The van der Waals surface area contributed by atoms with Crippen LogP contribution in [0.15, 0.2) is 6.07 Å². The molecule has 1 aromatic rings. The standard InChI is InChI=1S/C11H14O2.H3N/c1-7-5-8(2)10(4)11(9(7)3)13-6-12;/h5-6H,1-4H3;1H3. The molecule has 3 nitrogen and oxygen atoms in total. The molecule has 0 spiro atoms. The summed E-state index contributed by atoms with van der Waals surface area (Å²) in [5.74, 6) is 0.701. The van der Waals surface area contributed by atoms with Crippen LogP contribution in [0.1, 0.15) is 22.3 Å². The lowest BCUT2D eigenvalue weighted by molar-refractivity contribution is -0.120.